The molecule has 1 heterocycles. The minimum absolute atomic E-state index is 0.0314. The first-order valence-electron chi connectivity index (χ1n) is 4.63. The van der Waals surface area contributed by atoms with Gasteiger partial charge < -0.3 is 10.8 Å². The van der Waals surface area contributed by atoms with Crippen LogP contribution in [-0.2, 0) is 0 Å². The highest BCUT2D eigenvalue weighted by Crippen LogP contribution is 2.39. The molecule has 1 aromatic rings. The zero-order valence-electron chi connectivity index (χ0n) is 7.68. The first kappa shape index (κ1) is 9.15. The van der Waals surface area contributed by atoms with E-state index >= 15 is 0 Å². The van der Waals surface area contributed by atoms with Crippen LogP contribution in [0.1, 0.15) is 34.9 Å². The summed E-state index contributed by atoms with van der Waals surface area (Å²) in [6, 6.07) is 3.32. The predicted molar refractivity (Wildman–Crippen MR) is 50.8 cm³/mol. The monoisotopic (exact) mass is 192 g/mol. The van der Waals surface area contributed by atoms with Crippen molar-refractivity contribution in [1.82, 2.24) is 4.98 Å². The molecule has 0 amide bonds. The molecule has 74 valence electrons. The minimum atomic E-state index is -1.00. The third kappa shape index (κ3) is 1.75. The Labute approximate surface area is 81.8 Å². The summed E-state index contributed by atoms with van der Waals surface area (Å²) >= 11 is 0. The maximum Gasteiger partial charge on any atom is 0.354 e. The summed E-state index contributed by atoms with van der Waals surface area (Å²) in [6.45, 7) is 0. The second-order valence-electron chi connectivity index (χ2n) is 3.64. The van der Waals surface area contributed by atoms with Gasteiger partial charge >= 0.3 is 5.97 Å². The maximum atomic E-state index is 10.7. The van der Waals surface area contributed by atoms with Gasteiger partial charge in [-0.1, -0.05) is 0 Å². The smallest absolute Gasteiger partial charge is 0.354 e. The van der Waals surface area contributed by atoms with Crippen LogP contribution in [0.15, 0.2) is 18.3 Å². The van der Waals surface area contributed by atoms with Crippen LogP contribution in [0.5, 0.6) is 0 Å². The summed E-state index contributed by atoms with van der Waals surface area (Å²) in [4.78, 5) is 14.4. The second-order valence-corrected chi connectivity index (χ2v) is 3.64. The van der Waals surface area contributed by atoms with E-state index in [0.717, 1.165) is 18.4 Å². The average Bonchev–Trinajstić information content (AvgIpc) is 3.00. The fraction of sp³-hybridized carbons (Fsp3) is 0.400. The largest absolute Gasteiger partial charge is 0.477 e. The number of carbonyl (C=O) groups is 1. The Morgan fingerprint density at radius 1 is 1.64 bits per heavy atom. The Kier molecular flexibility index (Phi) is 2.21. The molecule has 0 aromatic carbocycles. The van der Waals surface area contributed by atoms with Gasteiger partial charge in [0.05, 0.1) is 0 Å². The fourth-order valence-corrected chi connectivity index (χ4v) is 1.50. The van der Waals surface area contributed by atoms with E-state index in [1.165, 1.54) is 6.20 Å². The number of rotatable bonds is 3. The summed E-state index contributed by atoms with van der Waals surface area (Å²) in [7, 11) is 0. The summed E-state index contributed by atoms with van der Waals surface area (Å²) in [5, 5.41) is 8.74. The zero-order chi connectivity index (χ0) is 10.1. The number of aromatic carboxylic acids is 1. The Hall–Kier alpha value is -1.42. The number of hydrogen-bond donors (Lipinski definition) is 2. The van der Waals surface area contributed by atoms with Crippen molar-refractivity contribution in [3.63, 3.8) is 0 Å². The molecule has 14 heavy (non-hydrogen) atoms. The molecule has 1 atom stereocenters. The lowest BCUT2D eigenvalue weighted by molar-refractivity contribution is 0.0690. The molecule has 0 aliphatic heterocycles. The highest BCUT2D eigenvalue weighted by Gasteiger charge is 2.29. The number of nitrogens with zero attached hydrogens (tertiary/aromatic N) is 1. The van der Waals surface area contributed by atoms with Crippen molar-refractivity contribution in [2.45, 2.75) is 18.9 Å². The van der Waals surface area contributed by atoms with Crippen molar-refractivity contribution in [1.29, 1.82) is 0 Å². The molecule has 1 saturated carbocycles. The van der Waals surface area contributed by atoms with Gasteiger partial charge in [-0.25, -0.2) is 9.78 Å². The molecule has 3 N–H and O–H groups in total. The first-order valence-corrected chi connectivity index (χ1v) is 4.63. The topological polar surface area (TPSA) is 76.2 Å². The molecule has 0 spiro atoms. The predicted octanol–water partition coefficient (Wildman–Crippen LogP) is 1.19. The van der Waals surface area contributed by atoms with Gasteiger partial charge in [0.25, 0.3) is 0 Å². The van der Waals surface area contributed by atoms with E-state index in [0.29, 0.717) is 5.92 Å². The van der Waals surface area contributed by atoms with Gasteiger partial charge in [0.2, 0.25) is 0 Å². The van der Waals surface area contributed by atoms with Gasteiger partial charge in [-0.15, -0.1) is 0 Å². The number of pyridine rings is 1. The molecule has 1 unspecified atom stereocenters. The van der Waals surface area contributed by atoms with Crippen LogP contribution < -0.4 is 5.73 Å². The molecule has 4 nitrogen and oxygen atoms in total. The number of aromatic nitrogens is 1. The minimum Gasteiger partial charge on any atom is -0.477 e. The van der Waals surface area contributed by atoms with Crippen LogP contribution in [0.25, 0.3) is 0 Å². The van der Waals surface area contributed by atoms with E-state index in [4.69, 9.17) is 10.8 Å². The van der Waals surface area contributed by atoms with E-state index in [-0.39, 0.29) is 11.7 Å². The highest BCUT2D eigenvalue weighted by atomic mass is 16.4. The Balaban J connectivity index is 2.24. The third-order valence-electron chi connectivity index (χ3n) is 2.52. The van der Waals surface area contributed by atoms with Crippen LogP contribution in [0.2, 0.25) is 0 Å². The Morgan fingerprint density at radius 2 is 2.36 bits per heavy atom. The molecule has 0 bridgehead atoms. The molecule has 0 radical (unpaired) electrons. The Morgan fingerprint density at radius 3 is 2.93 bits per heavy atom. The number of nitrogens with two attached hydrogens (primary N) is 1. The molecule has 1 aromatic heterocycles. The molecular weight excluding hydrogens is 180 g/mol. The van der Waals surface area contributed by atoms with E-state index in [1.54, 1.807) is 12.1 Å². The number of carboxylic acid groups (broad SMARTS) is 1. The molecule has 0 saturated heterocycles. The summed E-state index contributed by atoms with van der Waals surface area (Å²) < 4.78 is 0. The number of hydrogen-bond acceptors (Lipinski definition) is 3. The van der Waals surface area contributed by atoms with Gasteiger partial charge in [-0.3, -0.25) is 0 Å². The van der Waals surface area contributed by atoms with Crippen molar-refractivity contribution in [3.8, 4) is 0 Å². The number of carboxylic acids is 1. The van der Waals surface area contributed by atoms with Gasteiger partial charge in [0, 0.05) is 12.2 Å². The van der Waals surface area contributed by atoms with Crippen molar-refractivity contribution in [2.75, 3.05) is 0 Å². The quantitative estimate of drug-likeness (QED) is 0.754. The van der Waals surface area contributed by atoms with E-state index in [1.807, 2.05) is 0 Å². The lowest BCUT2D eigenvalue weighted by atomic mass is 10.0. The van der Waals surface area contributed by atoms with E-state index in [2.05, 4.69) is 4.98 Å². The average molecular weight is 192 g/mol. The molecule has 4 heteroatoms. The van der Waals surface area contributed by atoms with Crippen LogP contribution in [0, 0.1) is 5.92 Å². The summed E-state index contributed by atoms with van der Waals surface area (Å²) in [5.74, 6) is -0.478. The lowest BCUT2D eigenvalue weighted by Crippen LogP contribution is -2.13. The van der Waals surface area contributed by atoms with Crippen molar-refractivity contribution in [3.05, 3.63) is 29.6 Å². The first-order chi connectivity index (χ1) is 6.68. The van der Waals surface area contributed by atoms with E-state index in [9.17, 15) is 4.79 Å². The van der Waals surface area contributed by atoms with Crippen LogP contribution >= 0.6 is 0 Å². The molecule has 1 aliphatic carbocycles. The second kappa shape index (κ2) is 3.38. The van der Waals surface area contributed by atoms with Crippen molar-refractivity contribution in [2.24, 2.45) is 11.7 Å². The summed E-state index contributed by atoms with van der Waals surface area (Å²) in [5.41, 5.74) is 6.89. The molecule has 2 rings (SSSR count). The van der Waals surface area contributed by atoms with Crippen LogP contribution in [0.4, 0.5) is 0 Å². The van der Waals surface area contributed by atoms with Gasteiger partial charge in [0.1, 0.15) is 5.69 Å². The standard InChI is InChI=1S/C10H12N2O2/c11-9(6-1-2-6)7-3-4-12-8(5-7)10(13)14/h3-6,9H,1-2,11H2,(H,13,14). The molecular formula is C10H12N2O2. The maximum absolute atomic E-state index is 10.7. The van der Waals surface area contributed by atoms with Crippen LogP contribution in [-0.4, -0.2) is 16.1 Å². The van der Waals surface area contributed by atoms with Gasteiger partial charge in [0.15, 0.2) is 0 Å². The Bertz CT molecular complexity index is 361. The SMILES string of the molecule is NC(c1ccnc(C(=O)O)c1)C1CC1. The molecule has 1 aliphatic rings. The van der Waals surface area contributed by atoms with Gasteiger partial charge in [-0.2, -0.15) is 0 Å². The highest BCUT2D eigenvalue weighted by molar-refractivity contribution is 5.85. The molecule has 1 fully saturated rings. The zero-order valence-corrected chi connectivity index (χ0v) is 7.68. The van der Waals surface area contributed by atoms with Crippen LogP contribution in [0.3, 0.4) is 0 Å². The van der Waals surface area contributed by atoms with Crippen molar-refractivity contribution < 1.29 is 9.90 Å². The van der Waals surface area contributed by atoms with Gasteiger partial charge in [-0.05, 0) is 36.5 Å². The fourth-order valence-electron chi connectivity index (χ4n) is 1.50. The van der Waals surface area contributed by atoms with E-state index < -0.39 is 5.97 Å². The lowest BCUT2D eigenvalue weighted by Gasteiger charge is -2.10. The third-order valence-corrected chi connectivity index (χ3v) is 2.52. The normalized spacial score (nSPS) is 17.8. The summed E-state index contributed by atoms with van der Waals surface area (Å²) in [6.07, 6.45) is 3.79. The van der Waals surface area contributed by atoms with Crippen molar-refractivity contribution >= 4 is 5.97 Å².